The Hall–Kier alpha value is -1.19. The molecule has 1 aromatic carbocycles. The number of fused-ring (bicyclic) bond motifs is 1. The van der Waals surface area contributed by atoms with Gasteiger partial charge in [-0.25, -0.2) is 4.98 Å². The number of aryl methyl sites for hydroxylation is 2. The minimum absolute atomic E-state index is 0.511. The minimum Gasteiger partial charge on any atom is -0.330 e. The Bertz CT molecular complexity index is 559. The summed E-state index contributed by atoms with van der Waals surface area (Å²) in [5, 5.41) is 1.28. The quantitative estimate of drug-likeness (QED) is 0.919. The third-order valence-corrected chi connectivity index (χ3v) is 5.04. The van der Waals surface area contributed by atoms with Crippen LogP contribution in [0.2, 0.25) is 0 Å². The van der Waals surface area contributed by atoms with Crippen molar-refractivity contribution in [2.45, 2.75) is 32.1 Å². The van der Waals surface area contributed by atoms with Gasteiger partial charge in [-0.15, -0.1) is 11.3 Å². The van der Waals surface area contributed by atoms with Gasteiger partial charge in [0.1, 0.15) is 5.01 Å². The first-order valence-electron chi connectivity index (χ1n) is 6.53. The number of rotatable bonds is 3. The summed E-state index contributed by atoms with van der Waals surface area (Å²) in [4.78, 5) is 6.13. The normalized spacial score (nSPS) is 18.0. The summed E-state index contributed by atoms with van der Waals surface area (Å²) >= 11 is 1.85. The van der Waals surface area contributed by atoms with E-state index >= 15 is 0 Å². The molecule has 0 saturated heterocycles. The van der Waals surface area contributed by atoms with Crippen LogP contribution in [-0.2, 0) is 12.8 Å². The summed E-state index contributed by atoms with van der Waals surface area (Å²) in [6, 6.07) is 8.77. The third kappa shape index (κ3) is 1.98. The molecule has 1 unspecified atom stereocenters. The van der Waals surface area contributed by atoms with E-state index < -0.39 is 0 Å². The second-order valence-corrected chi connectivity index (χ2v) is 6.00. The second kappa shape index (κ2) is 4.82. The Kier molecular flexibility index (Phi) is 3.18. The van der Waals surface area contributed by atoms with Crippen LogP contribution in [0.1, 0.15) is 39.0 Å². The molecule has 18 heavy (non-hydrogen) atoms. The molecule has 0 spiro atoms. The molecule has 3 rings (SSSR count). The number of thiazole rings is 1. The van der Waals surface area contributed by atoms with Gasteiger partial charge in [-0.1, -0.05) is 24.3 Å². The number of benzene rings is 1. The maximum atomic E-state index is 5.65. The fraction of sp³-hybridized carbons (Fsp3) is 0.400. The van der Waals surface area contributed by atoms with E-state index in [1.807, 2.05) is 11.3 Å². The summed E-state index contributed by atoms with van der Waals surface area (Å²) in [5.74, 6) is 0.511. The number of nitrogens with two attached hydrogens (primary N) is 1. The third-order valence-electron chi connectivity index (χ3n) is 3.71. The van der Waals surface area contributed by atoms with E-state index in [4.69, 9.17) is 10.7 Å². The minimum atomic E-state index is 0.511. The molecule has 0 radical (unpaired) electrons. The lowest BCUT2D eigenvalue weighted by Crippen LogP contribution is -2.01. The maximum absolute atomic E-state index is 5.65. The van der Waals surface area contributed by atoms with Crippen molar-refractivity contribution in [2.75, 3.05) is 6.54 Å². The molecule has 0 aliphatic heterocycles. The topological polar surface area (TPSA) is 38.9 Å². The van der Waals surface area contributed by atoms with Gasteiger partial charge in [0.2, 0.25) is 0 Å². The van der Waals surface area contributed by atoms with E-state index in [1.165, 1.54) is 39.5 Å². The van der Waals surface area contributed by atoms with Gasteiger partial charge in [-0.2, -0.15) is 0 Å². The van der Waals surface area contributed by atoms with Crippen LogP contribution in [0.25, 0.3) is 0 Å². The Morgan fingerprint density at radius 2 is 2.22 bits per heavy atom. The van der Waals surface area contributed by atoms with E-state index in [0.29, 0.717) is 12.5 Å². The van der Waals surface area contributed by atoms with E-state index in [-0.39, 0.29) is 0 Å². The van der Waals surface area contributed by atoms with Crippen LogP contribution in [0.4, 0.5) is 0 Å². The van der Waals surface area contributed by atoms with Gasteiger partial charge in [-0.3, -0.25) is 0 Å². The molecule has 2 N–H and O–H groups in total. The molecule has 0 amide bonds. The molecule has 0 saturated carbocycles. The summed E-state index contributed by atoms with van der Waals surface area (Å²) < 4.78 is 0. The largest absolute Gasteiger partial charge is 0.330 e. The van der Waals surface area contributed by atoms with Gasteiger partial charge in [0.05, 0.1) is 5.69 Å². The molecule has 1 aliphatic rings. The Balaban J connectivity index is 1.95. The molecule has 2 nitrogen and oxygen atoms in total. The average Bonchev–Trinajstić information content (AvgIpc) is 2.94. The van der Waals surface area contributed by atoms with Crippen molar-refractivity contribution in [3.05, 3.63) is 51.0 Å². The van der Waals surface area contributed by atoms with E-state index in [1.54, 1.807) is 0 Å². The molecule has 0 bridgehead atoms. The maximum Gasteiger partial charge on any atom is 0.101 e. The van der Waals surface area contributed by atoms with Gasteiger partial charge < -0.3 is 5.73 Å². The lowest BCUT2D eigenvalue weighted by atomic mass is 10.0. The first kappa shape index (κ1) is 11.9. The lowest BCUT2D eigenvalue weighted by Gasteiger charge is -2.07. The molecule has 1 aromatic heterocycles. The molecule has 1 heterocycles. The van der Waals surface area contributed by atoms with Crippen molar-refractivity contribution >= 4 is 11.3 Å². The van der Waals surface area contributed by atoms with Crippen molar-refractivity contribution in [3.8, 4) is 0 Å². The van der Waals surface area contributed by atoms with Crippen LogP contribution >= 0.6 is 11.3 Å². The van der Waals surface area contributed by atoms with Crippen LogP contribution < -0.4 is 5.73 Å². The Morgan fingerprint density at radius 1 is 1.39 bits per heavy atom. The first-order chi connectivity index (χ1) is 8.79. The second-order valence-electron chi connectivity index (χ2n) is 4.89. The zero-order valence-electron chi connectivity index (χ0n) is 10.6. The number of nitrogens with zero attached hydrogens (tertiary/aromatic N) is 1. The molecular formula is C15H18N2S. The summed E-state index contributed by atoms with van der Waals surface area (Å²) in [7, 11) is 0. The van der Waals surface area contributed by atoms with Crippen molar-refractivity contribution in [3.63, 3.8) is 0 Å². The standard InChI is InChI=1S/C15H18N2S/c1-10-14(8-9-16)18-15(17-10)13-7-6-11-4-2-3-5-12(11)13/h2-5,13H,6-9,16H2,1H3. The van der Waals surface area contributed by atoms with Crippen molar-refractivity contribution in [1.29, 1.82) is 0 Å². The van der Waals surface area contributed by atoms with Crippen molar-refractivity contribution in [2.24, 2.45) is 5.73 Å². The number of hydrogen-bond donors (Lipinski definition) is 1. The van der Waals surface area contributed by atoms with Crippen LogP contribution in [0.3, 0.4) is 0 Å². The zero-order valence-corrected chi connectivity index (χ0v) is 11.5. The number of aromatic nitrogens is 1. The summed E-state index contributed by atoms with van der Waals surface area (Å²) in [5.41, 5.74) is 9.79. The predicted molar refractivity (Wildman–Crippen MR) is 76.2 cm³/mol. The lowest BCUT2D eigenvalue weighted by molar-refractivity contribution is 0.777. The highest BCUT2D eigenvalue weighted by Crippen LogP contribution is 2.40. The number of hydrogen-bond acceptors (Lipinski definition) is 3. The summed E-state index contributed by atoms with van der Waals surface area (Å²) in [6.07, 6.45) is 3.35. The highest BCUT2D eigenvalue weighted by molar-refractivity contribution is 7.11. The predicted octanol–water partition coefficient (Wildman–Crippen LogP) is 3.03. The van der Waals surface area contributed by atoms with Crippen molar-refractivity contribution < 1.29 is 0 Å². The molecule has 94 valence electrons. The van der Waals surface area contributed by atoms with Gasteiger partial charge in [0.15, 0.2) is 0 Å². The summed E-state index contributed by atoms with van der Waals surface area (Å²) in [6.45, 7) is 2.82. The fourth-order valence-electron chi connectivity index (χ4n) is 2.78. The molecule has 3 heteroatoms. The SMILES string of the molecule is Cc1nc(C2CCc3ccccc32)sc1CCN. The molecule has 1 aliphatic carbocycles. The Labute approximate surface area is 112 Å². The van der Waals surface area contributed by atoms with Gasteiger partial charge in [0.25, 0.3) is 0 Å². The zero-order chi connectivity index (χ0) is 12.5. The first-order valence-corrected chi connectivity index (χ1v) is 7.35. The highest BCUT2D eigenvalue weighted by Gasteiger charge is 2.26. The molecular weight excluding hydrogens is 240 g/mol. The average molecular weight is 258 g/mol. The van der Waals surface area contributed by atoms with Crippen LogP contribution in [0, 0.1) is 6.92 Å². The van der Waals surface area contributed by atoms with Crippen LogP contribution in [0.15, 0.2) is 24.3 Å². The molecule has 0 fully saturated rings. The monoisotopic (exact) mass is 258 g/mol. The fourth-order valence-corrected chi connectivity index (χ4v) is 4.01. The van der Waals surface area contributed by atoms with Gasteiger partial charge in [0, 0.05) is 10.8 Å². The van der Waals surface area contributed by atoms with Crippen molar-refractivity contribution in [1.82, 2.24) is 4.98 Å². The van der Waals surface area contributed by atoms with E-state index in [9.17, 15) is 0 Å². The van der Waals surface area contributed by atoms with E-state index in [2.05, 4.69) is 31.2 Å². The van der Waals surface area contributed by atoms with Crippen LogP contribution in [0.5, 0.6) is 0 Å². The van der Waals surface area contributed by atoms with Crippen LogP contribution in [-0.4, -0.2) is 11.5 Å². The van der Waals surface area contributed by atoms with Gasteiger partial charge >= 0.3 is 0 Å². The molecule has 2 aromatic rings. The highest BCUT2D eigenvalue weighted by atomic mass is 32.1. The molecule has 1 atom stereocenters. The van der Waals surface area contributed by atoms with E-state index in [0.717, 1.165) is 6.42 Å². The Morgan fingerprint density at radius 3 is 3.06 bits per heavy atom. The smallest absolute Gasteiger partial charge is 0.101 e. The van der Waals surface area contributed by atoms with Gasteiger partial charge in [-0.05, 0) is 43.9 Å².